The lowest BCUT2D eigenvalue weighted by Gasteiger charge is -2.30. The highest BCUT2D eigenvalue weighted by Gasteiger charge is 2.42. The SMILES string of the molecule is COCCOC(=O)C(C)(Br)CC(C)(C)C(=O)OCCCN.O=C([O-])C(F)(F)F. The molecule has 1 atom stereocenters. The van der Waals surface area contributed by atoms with Crippen molar-refractivity contribution in [3.05, 3.63) is 0 Å². The molecule has 0 aliphatic rings. The summed E-state index contributed by atoms with van der Waals surface area (Å²) in [5.74, 6) is -3.79. The molecule has 0 spiro atoms. The number of methoxy groups -OCH3 is 1. The smallest absolute Gasteiger partial charge is 0.430 e. The van der Waals surface area contributed by atoms with E-state index >= 15 is 0 Å². The fourth-order valence-electron chi connectivity index (χ4n) is 1.79. The van der Waals surface area contributed by atoms with Crippen LogP contribution < -0.4 is 10.8 Å². The van der Waals surface area contributed by atoms with Gasteiger partial charge in [0.15, 0.2) is 0 Å². The molecule has 8 nitrogen and oxygen atoms in total. The van der Waals surface area contributed by atoms with Crippen molar-refractivity contribution in [2.75, 3.05) is 33.5 Å². The van der Waals surface area contributed by atoms with E-state index in [2.05, 4.69) is 15.9 Å². The van der Waals surface area contributed by atoms with Crippen LogP contribution in [0.5, 0.6) is 0 Å². The highest BCUT2D eigenvalue weighted by molar-refractivity contribution is 9.10. The standard InChI is InChI=1S/C14H26BrNO5.C2HF3O2/c1-13(2,11(17)20-7-5-6-16)10-14(3,15)12(18)21-9-8-19-4;3-2(4,5)1(6)7/h5-10,16H2,1-4H3;(H,6,7)/p-1. The monoisotopic (exact) mass is 480 g/mol. The number of halogens is 4. The average molecular weight is 481 g/mol. The predicted molar refractivity (Wildman–Crippen MR) is 94.3 cm³/mol. The Labute approximate surface area is 170 Å². The molecular weight excluding hydrogens is 455 g/mol. The Morgan fingerprint density at radius 1 is 1.00 bits per heavy atom. The number of nitrogens with two attached hydrogens (primary N) is 1. The van der Waals surface area contributed by atoms with Gasteiger partial charge in [-0.1, -0.05) is 15.9 Å². The molecule has 0 aliphatic carbocycles. The Balaban J connectivity index is 0. The van der Waals surface area contributed by atoms with E-state index in [1.165, 1.54) is 7.11 Å². The fraction of sp³-hybridized carbons (Fsp3) is 0.812. The average Bonchev–Trinajstić information content (AvgIpc) is 2.53. The van der Waals surface area contributed by atoms with E-state index in [4.69, 9.17) is 29.8 Å². The summed E-state index contributed by atoms with van der Waals surface area (Å²) in [5, 5.41) is 8.78. The Hall–Kier alpha value is -1.40. The molecular formula is C16H26BrF3NO7-. The van der Waals surface area contributed by atoms with Gasteiger partial charge in [0.1, 0.15) is 16.9 Å². The van der Waals surface area contributed by atoms with Gasteiger partial charge in [0.2, 0.25) is 0 Å². The largest absolute Gasteiger partial charge is 0.542 e. The van der Waals surface area contributed by atoms with Crippen molar-refractivity contribution in [2.45, 2.75) is 44.1 Å². The normalized spacial score (nSPS) is 13.6. The number of carbonyl (C=O) groups is 3. The maximum Gasteiger partial charge on any atom is 0.430 e. The zero-order chi connectivity index (χ0) is 22.6. The van der Waals surface area contributed by atoms with Gasteiger partial charge in [-0.3, -0.25) is 9.59 Å². The first-order valence-corrected chi connectivity index (χ1v) is 8.91. The number of carboxylic acid groups (broad SMARTS) is 1. The number of rotatable bonds is 10. The van der Waals surface area contributed by atoms with Crippen LogP contribution in [-0.2, 0) is 28.6 Å². The Morgan fingerprint density at radius 3 is 1.86 bits per heavy atom. The summed E-state index contributed by atoms with van der Waals surface area (Å²) >= 11 is 3.34. The lowest BCUT2D eigenvalue weighted by Crippen LogP contribution is -2.40. The first kappa shape index (κ1) is 28.8. The van der Waals surface area contributed by atoms with Crippen LogP contribution in [0, 0.1) is 5.41 Å². The van der Waals surface area contributed by atoms with Crippen LogP contribution in [0.3, 0.4) is 0 Å². The molecule has 0 heterocycles. The van der Waals surface area contributed by atoms with Gasteiger partial charge in [-0.15, -0.1) is 0 Å². The second-order valence-corrected chi connectivity index (χ2v) is 8.20. The lowest BCUT2D eigenvalue weighted by molar-refractivity contribution is -0.344. The van der Waals surface area contributed by atoms with Crippen LogP contribution >= 0.6 is 15.9 Å². The zero-order valence-electron chi connectivity index (χ0n) is 16.2. The van der Waals surface area contributed by atoms with Crippen molar-refractivity contribution in [3.63, 3.8) is 0 Å². The molecule has 0 aromatic carbocycles. The van der Waals surface area contributed by atoms with Crippen LogP contribution in [0.15, 0.2) is 0 Å². The highest BCUT2D eigenvalue weighted by atomic mass is 79.9. The molecule has 0 fully saturated rings. The molecule has 0 radical (unpaired) electrons. The molecule has 12 heteroatoms. The zero-order valence-corrected chi connectivity index (χ0v) is 17.8. The van der Waals surface area contributed by atoms with Gasteiger partial charge < -0.3 is 29.8 Å². The number of esters is 2. The summed E-state index contributed by atoms with van der Waals surface area (Å²) in [6, 6.07) is 0. The number of hydrogen-bond donors (Lipinski definition) is 1. The van der Waals surface area contributed by atoms with Gasteiger partial charge in [-0.2, -0.15) is 13.2 Å². The van der Waals surface area contributed by atoms with Crippen molar-refractivity contribution in [1.29, 1.82) is 0 Å². The molecule has 0 amide bonds. The molecule has 0 aliphatic heterocycles. The molecule has 28 heavy (non-hydrogen) atoms. The maximum atomic E-state index is 12.0. The third-order valence-corrected chi connectivity index (χ3v) is 3.69. The summed E-state index contributed by atoms with van der Waals surface area (Å²) in [6.07, 6.45) is -4.32. The van der Waals surface area contributed by atoms with Crippen molar-refractivity contribution < 1.29 is 46.9 Å². The number of hydrogen-bond acceptors (Lipinski definition) is 8. The van der Waals surface area contributed by atoms with Crippen molar-refractivity contribution in [2.24, 2.45) is 11.1 Å². The summed E-state index contributed by atoms with van der Waals surface area (Å²) in [7, 11) is 1.53. The van der Waals surface area contributed by atoms with E-state index in [-0.39, 0.29) is 25.6 Å². The van der Waals surface area contributed by atoms with Gasteiger partial charge in [0.05, 0.1) is 18.6 Å². The molecule has 0 saturated carbocycles. The van der Waals surface area contributed by atoms with Crippen molar-refractivity contribution in [1.82, 2.24) is 0 Å². The molecule has 2 N–H and O–H groups in total. The quantitative estimate of drug-likeness (QED) is 0.278. The number of aliphatic carboxylic acids is 1. The van der Waals surface area contributed by atoms with Gasteiger partial charge >= 0.3 is 18.1 Å². The molecule has 0 bridgehead atoms. The van der Waals surface area contributed by atoms with E-state index in [0.717, 1.165) is 0 Å². The minimum absolute atomic E-state index is 0.178. The van der Waals surface area contributed by atoms with E-state index in [9.17, 15) is 22.8 Å². The van der Waals surface area contributed by atoms with Crippen molar-refractivity contribution in [3.8, 4) is 0 Å². The second-order valence-electron chi connectivity index (χ2n) is 6.45. The minimum Gasteiger partial charge on any atom is -0.542 e. The number of carboxylic acids is 1. The third-order valence-electron chi connectivity index (χ3n) is 3.09. The van der Waals surface area contributed by atoms with E-state index in [1.54, 1.807) is 20.8 Å². The van der Waals surface area contributed by atoms with Gasteiger partial charge in [-0.05, 0) is 40.2 Å². The van der Waals surface area contributed by atoms with Crippen LogP contribution in [0.1, 0.15) is 33.6 Å². The van der Waals surface area contributed by atoms with Gasteiger partial charge in [0, 0.05) is 7.11 Å². The first-order chi connectivity index (χ1) is 12.6. The first-order valence-electron chi connectivity index (χ1n) is 8.12. The fourth-order valence-corrected chi connectivity index (χ4v) is 2.60. The Bertz CT molecular complexity index is 479. The molecule has 166 valence electrons. The molecule has 0 rings (SSSR count). The van der Waals surface area contributed by atoms with Crippen LogP contribution in [0.4, 0.5) is 13.2 Å². The Kier molecular flexibility index (Phi) is 13.3. The van der Waals surface area contributed by atoms with Gasteiger partial charge in [0.25, 0.3) is 0 Å². The molecule has 1 unspecified atom stereocenters. The molecule has 0 aromatic heterocycles. The molecule has 0 saturated heterocycles. The summed E-state index contributed by atoms with van der Waals surface area (Å²) < 4.78 is 45.7. The topological polar surface area (TPSA) is 128 Å². The predicted octanol–water partition coefficient (Wildman–Crippen LogP) is 0.937. The van der Waals surface area contributed by atoms with Crippen LogP contribution in [-0.4, -0.2) is 61.9 Å². The van der Waals surface area contributed by atoms with Gasteiger partial charge in [-0.25, -0.2) is 0 Å². The second kappa shape index (κ2) is 12.9. The van der Waals surface area contributed by atoms with Crippen molar-refractivity contribution >= 4 is 33.8 Å². The summed E-state index contributed by atoms with van der Waals surface area (Å²) in [6.45, 7) is 6.42. The summed E-state index contributed by atoms with van der Waals surface area (Å²) in [5.41, 5.74) is 4.54. The van der Waals surface area contributed by atoms with Crippen LogP contribution in [0.2, 0.25) is 0 Å². The number of carbonyl (C=O) groups excluding carboxylic acids is 3. The minimum atomic E-state index is -5.19. The van der Waals surface area contributed by atoms with Crippen LogP contribution in [0.25, 0.3) is 0 Å². The van der Waals surface area contributed by atoms with E-state index < -0.39 is 27.9 Å². The number of ether oxygens (including phenoxy) is 3. The number of alkyl halides is 4. The van der Waals surface area contributed by atoms with E-state index in [0.29, 0.717) is 19.6 Å². The Morgan fingerprint density at radius 2 is 1.46 bits per heavy atom. The van der Waals surface area contributed by atoms with E-state index in [1.807, 2.05) is 0 Å². The third kappa shape index (κ3) is 12.9. The lowest BCUT2D eigenvalue weighted by atomic mass is 9.83. The summed E-state index contributed by atoms with van der Waals surface area (Å²) in [4.78, 5) is 32.8. The highest BCUT2D eigenvalue weighted by Crippen LogP contribution is 2.35. The maximum absolute atomic E-state index is 12.0. The molecule has 0 aromatic rings.